The van der Waals surface area contributed by atoms with Crippen molar-refractivity contribution in [2.75, 3.05) is 32.0 Å². The van der Waals surface area contributed by atoms with Gasteiger partial charge in [0, 0.05) is 24.5 Å². The highest BCUT2D eigenvalue weighted by molar-refractivity contribution is 7.13. The first kappa shape index (κ1) is 14.9. The summed E-state index contributed by atoms with van der Waals surface area (Å²) in [6.07, 6.45) is 0. The van der Waals surface area contributed by atoms with Gasteiger partial charge in [-0.05, 0) is 0 Å². The van der Waals surface area contributed by atoms with Gasteiger partial charge < -0.3 is 20.3 Å². The van der Waals surface area contributed by atoms with Crippen LogP contribution in [0.3, 0.4) is 0 Å². The predicted molar refractivity (Wildman–Crippen MR) is 80.3 cm³/mol. The van der Waals surface area contributed by atoms with E-state index in [1.807, 2.05) is 5.38 Å². The lowest BCUT2D eigenvalue weighted by Gasteiger charge is -2.25. The highest BCUT2D eigenvalue weighted by atomic mass is 32.1. The molecule has 0 aromatic carbocycles. The van der Waals surface area contributed by atoms with Crippen LogP contribution in [-0.2, 0) is 17.8 Å². The maximum atomic E-state index is 12.0. The predicted octanol–water partition coefficient (Wildman–Crippen LogP) is 0.475. The van der Waals surface area contributed by atoms with Gasteiger partial charge in [0.05, 0.1) is 32.0 Å². The Kier molecular flexibility index (Phi) is 4.66. The number of rotatable bonds is 5. The van der Waals surface area contributed by atoms with Gasteiger partial charge in [-0.2, -0.15) is 0 Å². The number of nitrogens with zero attached hydrogens (tertiary/aromatic N) is 3. The zero-order chi connectivity index (χ0) is 15.4. The Morgan fingerprint density at radius 2 is 2.27 bits per heavy atom. The molecule has 3 rings (SSSR count). The van der Waals surface area contributed by atoms with Crippen molar-refractivity contribution < 1.29 is 14.1 Å². The second kappa shape index (κ2) is 6.86. The average molecular weight is 323 g/mol. The molecule has 1 amide bonds. The summed E-state index contributed by atoms with van der Waals surface area (Å²) < 4.78 is 10.5. The molecular weight excluding hydrogens is 306 g/mol. The van der Waals surface area contributed by atoms with Crippen LogP contribution in [0.5, 0.6) is 0 Å². The molecule has 1 aliphatic rings. The van der Waals surface area contributed by atoms with E-state index in [2.05, 4.69) is 20.4 Å². The van der Waals surface area contributed by atoms with Crippen LogP contribution >= 0.6 is 11.3 Å². The fourth-order valence-corrected chi connectivity index (χ4v) is 2.70. The van der Waals surface area contributed by atoms with Crippen LogP contribution < -0.4 is 11.1 Å². The molecule has 8 nitrogen and oxygen atoms in total. The van der Waals surface area contributed by atoms with Crippen LogP contribution in [0.4, 0.5) is 5.13 Å². The molecule has 3 N–H and O–H groups in total. The van der Waals surface area contributed by atoms with Crippen molar-refractivity contribution in [2.45, 2.75) is 13.1 Å². The number of nitrogens with one attached hydrogen (secondary N) is 1. The zero-order valence-electron chi connectivity index (χ0n) is 11.9. The molecule has 1 saturated heterocycles. The monoisotopic (exact) mass is 323 g/mol. The summed E-state index contributed by atoms with van der Waals surface area (Å²) >= 11 is 1.34. The van der Waals surface area contributed by atoms with Gasteiger partial charge in [0.2, 0.25) is 0 Å². The average Bonchev–Trinajstić information content (AvgIpc) is 3.15. The molecule has 3 heterocycles. The van der Waals surface area contributed by atoms with E-state index in [0.717, 1.165) is 32.0 Å². The van der Waals surface area contributed by atoms with Crippen molar-refractivity contribution in [3.63, 3.8) is 0 Å². The number of nitrogens with two attached hydrogens (primary N) is 1. The SMILES string of the molecule is Nc1nc(CNC(=O)c2cc(CN3CCOCC3)on2)cs1. The molecule has 0 bridgehead atoms. The summed E-state index contributed by atoms with van der Waals surface area (Å²) in [4.78, 5) is 18.3. The van der Waals surface area contributed by atoms with E-state index in [9.17, 15) is 4.79 Å². The Balaban J connectivity index is 1.52. The molecule has 2 aromatic rings. The van der Waals surface area contributed by atoms with E-state index in [1.165, 1.54) is 11.3 Å². The summed E-state index contributed by atoms with van der Waals surface area (Å²) in [6.45, 7) is 4.10. The number of carbonyl (C=O) groups is 1. The van der Waals surface area contributed by atoms with Crippen LogP contribution in [0, 0.1) is 0 Å². The van der Waals surface area contributed by atoms with Gasteiger partial charge in [-0.3, -0.25) is 9.69 Å². The zero-order valence-corrected chi connectivity index (χ0v) is 12.8. The molecule has 0 radical (unpaired) electrons. The standard InChI is InChI=1S/C13H17N5O3S/c14-13-16-9(8-22-13)6-15-12(19)11-5-10(21-17-11)7-18-1-3-20-4-2-18/h5,8H,1-4,6-7H2,(H2,14,16)(H,15,19). The lowest BCUT2D eigenvalue weighted by Crippen LogP contribution is -2.35. The van der Waals surface area contributed by atoms with Crippen molar-refractivity contribution in [1.29, 1.82) is 0 Å². The number of morpholine rings is 1. The maximum absolute atomic E-state index is 12.0. The molecule has 118 valence electrons. The summed E-state index contributed by atoms with van der Waals surface area (Å²) in [7, 11) is 0. The molecule has 0 spiro atoms. The van der Waals surface area contributed by atoms with Gasteiger partial charge >= 0.3 is 0 Å². The van der Waals surface area contributed by atoms with Gasteiger partial charge in [0.25, 0.3) is 5.91 Å². The third-order valence-electron chi connectivity index (χ3n) is 3.27. The lowest BCUT2D eigenvalue weighted by atomic mass is 10.3. The fraction of sp³-hybridized carbons (Fsp3) is 0.462. The second-order valence-electron chi connectivity index (χ2n) is 4.93. The van der Waals surface area contributed by atoms with Gasteiger partial charge in [-0.1, -0.05) is 5.16 Å². The van der Waals surface area contributed by atoms with E-state index < -0.39 is 0 Å². The first-order valence-corrected chi connectivity index (χ1v) is 7.82. The summed E-state index contributed by atoms with van der Waals surface area (Å²) in [6, 6.07) is 1.67. The summed E-state index contributed by atoms with van der Waals surface area (Å²) in [5.74, 6) is 0.383. The topological polar surface area (TPSA) is 107 Å². The van der Waals surface area contributed by atoms with Crippen molar-refractivity contribution in [3.05, 3.63) is 28.6 Å². The molecule has 9 heteroatoms. The quantitative estimate of drug-likeness (QED) is 0.824. The van der Waals surface area contributed by atoms with Crippen LogP contribution in [0.25, 0.3) is 0 Å². The third-order valence-corrected chi connectivity index (χ3v) is 4.00. The van der Waals surface area contributed by atoms with Crippen molar-refractivity contribution in [1.82, 2.24) is 20.4 Å². The highest BCUT2D eigenvalue weighted by Crippen LogP contribution is 2.12. The molecule has 2 aromatic heterocycles. The molecule has 1 fully saturated rings. The van der Waals surface area contributed by atoms with Crippen LogP contribution in [-0.4, -0.2) is 47.3 Å². The molecule has 0 unspecified atom stereocenters. The molecular formula is C13H17N5O3S. The number of thiazole rings is 1. The number of aromatic nitrogens is 2. The normalized spacial score (nSPS) is 15.8. The molecule has 0 aliphatic carbocycles. The molecule has 0 atom stereocenters. The van der Waals surface area contributed by atoms with E-state index >= 15 is 0 Å². The Labute approximate surface area is 131 Å². The summed E-state index contributed by atoms with van der Waals surface area (Å²) in [5, 5.41) is 8.84. The Morgan fingerprint density at radius 1 is 1.45 bits per heavy atom. The maximum Gasteiger partial charge on any atom is 0.273 e. The van der Waals surface area contributed by atoms with E-state index in [4.69, 9.17) is 15.0 Å². The number of nitrogen functional groups attached to an aromatic ring is 1. The first-order chi connectivity index (χ1) is 10.7. The van der Waals surface area contributed by atoms with E-state index in [1.54, 1.807) is 6.07 Å². The van der Waals surface area contributed by atoms with Crippen molar-refractivity contribution in [3.8, 4) is 0 Å². The Bertz CT molecular complexity index is 635. The van der Waals surface area contributed by atoms with Gasteiger partial charge in [0.1, 0.15) is 0 Å². The summed E-state index contributed by atoms with van der Waals surface area (Å²) in [5.41, 5.74) is 6.54. The van der Waals surface area contributed by atoms with E-state index in [0.29, 0.717) is 24.0 Å². The number of carbonyl (C=O) groups excluding carboxylic acids is 1. The van der Waals surface area contributed by atoms with Gasteiger partial charge in [-0.25, -0.2) is 4.98 Å². The number of hydrogen-bond acceptors (Lipinski definition) is 8. The Morgan fingerprint density at radius 3 is 3.00 bits per heavy atom. The highest BCUT2D eigenvalue weighted by Gasteiger charge is 2.16. The van der Waals surface area contributed by atoms with Crippen molar-refractivity contribution >= 4 is 22.4 Å². The van der Waals surface area contributed by atoms with Crippen LogP contribution in [0.2, 0.25) is 0 Å². The largest absolute Gasteiger partial charge is 0.379 e. The smallest absolute Gasteiger partial charge is 0.273 e. The number of amides is 1. The Hall–Kier alpha value is -1.97. The minimum Gasteiger partial charge on any atom is -0.379 e. The molecule has 0 saturated carbocycles. The molecule has 1 aliphatic heterocycles. The number of ether oxygens (including phenoxy) is 1. The fourth-order valence-electron chi connectivity index (χ4n) is 2.14. The van der Waals surface area contributed by atoms with Crippen LogP contribution in [0.1, 0.15) is 21.9 Å². The molecule has 22 heavy (non-hydrogen) atoms. The lowest BCUT2D eigenvalue weighted by molar-refractivity contribution is 0.0305. The van der Waals surface area contributed by atoms with Crippen LogP contribution in [0.15, 0.2) is 16.0 Å². The second-order valence-corrected chi connectivity index (χ2v) is 5.82. The minimum absolute atomic E-state index is 0.270. The van der Waals surface area contributed by atoms with E-state index in [-0.39, 0.29) is 11.6 Å². The first-order valence-electron chi connectivity index (χ1n) is 6.94. The van der Waals surface area contributed by atoms with Gasteiger partial charge in [0.15, 0.2) is 16.6 Å². The third kappa shape index (κ3) is 3.81. The minimum atomic E-state index is -0.288. The van der Waals surface area contributed by atoms with Gasteiger partial charge in [-0.15, -0.1) is 11.3 Å². The number of hydrogen-bond donors (Lipinski definition) is 2. The number of anilines is 1. The van der Waals surface area contributed by atoms with Crippen molar-refractivity contribution in [2.24, 2.45) is 0 Å².